The number of nitrogens with zero attached hydrogens (tertiary/aromatic N) is 2. The first kappa shape index (κ1) is 16.7. The van der Waals surface area contributed by atoms with Gasteiger partial charge in [0.2, 0.25) is 5.91 Å². The van der Waals surface area contributed by atoms with Crippen molar-refractivity contribution in [3.8, 4) is 0 Å². The molecule has 0 bridgehead atoms. The maximum Gasteiger partial charge on any atom is 0.263 e. The van der Waals surface area contributed by atoms with Gasteiger partial charge < -0.3 is 5.32 Å². The molecule has 0 saturated heterocycles. The summed E-state index contributed by atoms with van der Waals surface area (Å²) in [6, 6.07) is 7.96. The first-order valence-electron chi connectivity index (χ1n) is 7.42. The van der Waals surface area contributed by atoms with Crippen LogP contribution in [0, 0.1) is 13.8 Å². The first-order chi connectivity index (χ1) is 11.4. The standard InChI is InChI=1S/C17H16ClN3O2S/c1-9-8-14-16(24-9)19-11(3)21(17(14)23)10(2)15(22)20-13-6-4-12(18)5-7-13/h4-8,10H,1-3H3,(H,20,22). The summed E-state index contributed by atoms with van der Waals surface area (Å²) in [4.78, 5) is 31.4. The molecule has 1 unspecified atom stereocenters. The summed E-state index contributed by atoms with van der Waals surface area (Å²) in [6.07, 6.45) is 0. The number of halogens is 1. The van der Waals surface area contributed by atoms with Gasteiger partial charge in [0.1, 0.15) is 16.7 Å². The van der Waals surface area contributed by atoms with Gasteiger partial charge in [-0.2, -0.15) is 0 Å². The maximum absolute atomic E-state index is 12.7. The fourth-order valence-electron chi connectivity index (χ4n) is 2.57. The van der Waals surface area contributed by atoms with Gasteiger partial charge in [-0.15, -0.1) is 11.3 Å². The zero-order valence-corrected chi connectivity index (χ0v) is 15.0. The second-order valence-electron chi connectivity index (χ2n) is 5.58. The number of carbonyl (C=O) groups excluding carboxylic acids is 1. The van der Waals surface area contributed by atoms with E-state index in [1.165, 1.54) is 15.9 Å². The monoisotopic (exact) mass is 361 g/mol. The lowest BCUT2D eigenvalue weighted by Crippen LogP contribution is -2.33. The molecule has 0 fully saturated rings. The van der Waals surface area contributed by atoms with Crippen LogP contribution in [0.15, 0.2) is 35.1 Å². The predicted molar refractivity (Wildman–Crippen MR) is 98.1 cm³/mol. The van der Waals surface area contributed by atoms with Crippen LogP contribution < -0.4 is 10.9 Å². The number of hydrogen-bond acceptors (Lipinski definition) is 4. The minimum atomic E-state index is -0.676. The fourth-order valence-corrected chi connectivity index (χ4v) is 3.61. The highest BCUT2D eigenvalue weighted by atomic mass is 35.5. The molecule has 1 amide bonds. The molecular weight excluding hydrogens is 346 g/mol. The van der Waals surface area contributed by atoms with Crippen molar-refractivity contribution < 1.29 is 4.79 Å². The lowest BCUT2D eigenvalue weighted by Gasteiger charge is -2.17. The van der Waals surface area contributed by atoms with Gasteiger partial charge in [0, 0.05) is 15.6 Å². The smallest absolute Gasteiger partial charge is 0.263 e. The van der Waals surface area contributed by atoms with E-state index in [9.17, 15) is 9.59 Å². The first-order valence-corrected chi connectivity index (χ1v) is 8.62. The SMILES string of the molecule is Cc1cc2c(=O)n(C(C)C(=O)Nc3ccc(Cl)cc3)c(C)nc2s1. The lowest BCUT2D eigenvalue weighted by atomic mass is 10.2. The number of amides is 1. The van der Waals surface area contributed by atoms with Crippen molar-refractivity contribution in [1.29, 1.82) is 0 Å². The van der Waals surface area contributed by atoms with E-state index in [-0.39, 0.29) is 11.5 Å². The highest BCUT2D eigenvalue weighted by Gasteiger charge is 2.21. The third kappa shape index (κ3) is 3.07. The van der Waals surface area contributed by atoms with E-state index in [1.54, 1.807) is 38.1 Å². The van der Waals surface area contributed by atoms with Gasteiger partial charge in [-0.3, -0.25) is 14.2 Å². The van der Waals surface area contributed by atoms with E-state index in [2.05, 4.69) is 10.3 Å². The molecule has 0 saturated carbocycles. The number of hydrogen-bond donors (Lipinski definition) is 1. The summed E-state index contributed by atoms with van der Waals surface area (Å²) in [7, 11) is 0. The number of aryl methyl sites for hydroxylation is 2. The molecule has 3 aromatic rings. The van der Waals surface area contributed by atoms with Crippen LogP contribution in [-0.4, -0.2) is 15.5 Å². The van der Waals surface area contributed by atoms with Gasteiger partial charge in [0.25, 0.3) is 5.56 Å². The zero-order chi connectivity index (χ0) is 17.4. The number of benzene rings is 1. The quantitative estimate of drug-likeness (QED) is 0.768. The van der Waals surface area contributed by atoms with Crippen molar-refractivity contribution in [2.75, 3.05) is 5.32 Å². The van der Waals surface area contributed by atoms with Crippen LogP contribution in [0.5, 0.6) is 0 Å². The van der Waals surface area contributed by atoms with Crippen LogP contribution in [0.2, 0.25) is 5.02 Å². The normalized spacial score (nSPS) is 12.3. The van der Waals surface area contributed by atoms with Crippen molar-refractivity contribution in [2.24, 2.45) is 0 Å². The molecular formula is C17H16ClN3O2S. The van der Waals surface area contributed by atoms with Gasteiger partial charge in [-0.25, -0.2) is 4.98 Å². The number of aromatic nitrogens is 2. The van der Waals surface area contributed by atoms with Gasteiger partial charge in [-0.05, 0) is 51.1 Å². The largest absolute Gasteiger partial charge is 0.324 e. The molecule has 2 heterocycles. The molecule has 0 aliphatic carbocycles. The van der Waals surface area contributed by atoms with E-state index >= 15 is 0 Å². The van der Waals surface area contributed by atoms with E-state index in [0.29, 0.717) is 26.8 Å². The maximum atomic E-state index is 12.7. The Balaban J connectivity index is 1.95. The van der Waals surface area contributed by atoms with Crippen LogP contribution in [0.25, 0.3) is 10.2 Å². The predicted octanol–water partition coefficient (Wildman–Crippen LogP) is 3.93. The van der Waals surface area contributed by atoms with Crippen LogP contribution >= 0.6 is 22.9 Å². The lowest BCUT2D eigenvalue weighted by molar-refractivity contribution is -0.118. The van der Waals surface area contributed by atoms with Crippen molar-refractivity contribution in [1.82, 2.24) is 9.55 Å². The van der Waals surface area contributed by atoms with Gasteiger partial charge >= 0.3 is 0 Å². The summed E-state index contributed by atoms with van der Waals surface area (Å²) in [5.74, 6) is 0.240. The molecule has 3 rings (SSSR count). The Morgan fingerprint density at radius 1 is 1.29 bits per heavy atom. The molecule has 24 heavy (non-hydrogen) atoms. The molecule has 124 valence electrons. The second kappa shape index (κ2) is 6.37. The van der Waals surface area contributed by atoms with E-state index in [1.807, 2.05) is 13.0 Å². The zero-order valence-electron chi connectivity index (χ0n) is 13.5. The fraction of sp³-hybridized carbons (Fsp3) is 0.235. The van der Waals surface area contributed by atoms with Crippen LogP contribution in [0.4, 0.5) is 5.69 Å². The Morgan fingerprint density at radius 3 is 2.62 bits per heavy atom. The number of carbonyl (C=O) groups is 1. The number of anilines is 1. The molecule has 7 heteroatoms. The molecule has 0 radical (unpaired) electrons. The topological polar surface area (TPSA) is 64.0 Å². The Hall–Kier alpha value is -2.18. The second-order valence-corrected chi connectivity index (χ2v) is 7.25. The molecule has 2 aromatic heterocycles. The Bertz CT molecular complexity index is 976. The van der Waals surface area contributed by atoms with Crippen LogP contribution in [0.1, 0.15) is 23.7 Å². The molecule has 1 atom stereocenters. The van der Waals surface area contributed by atoms with Crippen molar-refractivity contribution in [2.45, 2.75) is 26.8 Å². The van der Waals surface area contributed by atoms with Crippen LogP contribution in [-0.2, 0) is 4.79 Å². The van der Waals surface area contributed by atoms with E-state index < -0.39 is 6.04 Å². The highest BCUT2D eigenvalue weighted by molar-refractivity contribution is 7.18. The van der Waals surface area contributed by atoms with Crippen LogP contribution in [0.3, 0.4) is 0 Å². The van der Waals surface area contributed by atoms with Crippen molar-refractivity contribution in [3.05, 3.63) is 56.4 Å². The number of thiophene rings is 1. The highest BCUT2D eigenvalue weighted by Crippen LogP contribution is 2.22. The van der Waals surface area contributed by atoms with Crippen molar-refractivity contribution in [3.63, 3.8) is 0 Å². The molecule has 1 N–H and O–H groups in total. The minimum Gasteiger partial charge on any atom is -0.324 e. The average Bonchev–Trinajstić information content (AvgIpc) is 2.90. The Labute approximate surface area is 147 Å². The van der Waals surface area contributed by atoms with Gasteiger partial charge in [0.15, 0.2) is 0 Å². The number of rotatable bonds is 3. The van der Waals surface area contributed by atoms with Gasteiger partial charge in [0.05, 0.1) is 5.39 Å². The van der Waals surface area contributed by atoms with Gasteiger partial charge in [-0.1, -0.05) is 11.6 Å². The molecule has 0 aliphatic rings. The number of nitrogens with one attached hydrogen (secondary N) is 1. The Morgan fingerprint density at radius 2 is 1.96 bits per heavy atom. The minimum absolute atomic E-state index is 0.194. The molecule has 0 aliphatic heterocycles. The molecule has 0 spiro atoms. The summed E-state index contributed by atoms with van der Waals surface area (Å²) < 4.78 is 1.43. The Kier molecular flexibility index (Phi) is 4.43. The van der Waals surface area contributed by atoms with E-state index in [0.717, 1.165) is 4.88 Å². The summed E-state index contributed by atoms with van der Waals surface area (Å²) in [6.45, 7) is 5.36. The van der Waals surface area contributed by atoms with Crippen molar-refractivity contribution >= 4 is 44.7 Å². The summed E-state index contributed by atoms with van der Waals surface area (Å²) in [5.41, 5.74) is 0.433. The summed E-state index contributed by atoms with van der Waals surface area (Å²) in [5, 5.41) is 3.94. The average molecular weight is 362 g/mol. The third-order valence-electron chi connectivity index (χ3n) is 3.78. The van der Waals surface area contributed by atoms with E-state index in [4.69, 9.17) is 11.6 Å². The number of fused-ring (bicyclic) bond motifs is 1. The molecule has 5 nitrogen and oxygen atoms in total. The third-order valence-corrected chi connectivity index (χ3v) is 4.97. The summed E-state index contributed by atoms with van der Waals surface area (Å²) >= 11 is 7.32. The molecule has 1 aromatic carbocycles.